The highest BCUT2D eigenvalue weighted by molar-refractivity contribution is 6.32. The van der Waals surface area contributed by atoms with Crippen molar-refractivity contribution in [3.63, 3.8) is 0 Å². The molecule has 108 valence electrons. The second-order valence-corrected chi connectivity index (χ2v) is 4.97. The van der Waals surface area contributed by atoms with Crippen LogP contribution in [-0.2, 0) is 0 Å². The van der Waals surface area contributed by atoms with Crippen molar-refractivity contribution >= 4 is 23.5 Å². The third-order valence-corrected chi connectivity index (χ3v) is 3.44. The molecule has 0 spiro atoms. The first-order valence-corrected chi connectivity index (χ1v) is 6.75. The maximum absolute atomic E-state index is 12.2. The third-order valence-electron chi connectivity index (χ3n) is 3.10. The average Bonchev–Trinajstić information content (AvgIpc) is 2.48. The maximum Gasteiger partial charge on any atom is 0.189 e. The van der Waals surface area contributed by atoms with Gasteiger partial charge in [-0.3, -0.25) is 4.79 Å². The van der Waals surface area contributed by atoms with E-state index in [1.165, 1.54) is 19.3 Å². The molecule has 2 rings (SSSR count). The van der Waals surface area contributed by atoms with Crippen molar-refractivity contribution in [2.75, 3.05) is 7.11 Å². The molecule has 21 heavy (non-hydrogen) atoms. The fourth-order valence-electron chi connectivity index (χ4n) is 1.96. The van der Waals surface area contributed by atoms with Gasteiger partial charge in [0.2, 0.25) is 0 Å². The smallest absolute Gasteiger partial charge is 0.189 e. The number of allylic oxidation sites excluding steroid dienone is 1. The van der Waals surface area contributed by atoms with Crippen LogP contribution >= 0.6 is 11.6 Å². The molecule has 0 aliphatic carbocycles. The Morgan fingerprint density at radius 2 is 2.00 bits per heavy atom. The van der Waals surface area contributed by atoms with E-state index in [-0.39, 0.29) is 17.1 Å². The molecule has 0 fully saturated rings. The minimum Gasteiger partial charge on any atom is -0.507 e. The van der Waals surface area contributed by atoms with E-state index in [1.807, 2.05) is 25.1 Å². The molecule has 3 nitrogen and oxygen atoms in total. The van der Waals surface area contributed by atoms with Gasteiger partial charge in [0, 0.05) is 11.1 Å². The number of carbonyl (C=O) groups is 1. The molecule has 0 saturated carbocycles. The number of ketones is 1. The van der Waals surface area contributed by atoms with Gasteiger partial charge in [-0.05, 0) is 42.3 Å². The molecule has 2 aromatic carbocycles. The summed E-state index contributed by atoms with van der Waals surface area (Å²) in [5.74, 6) is 0.142. The molecule has 0 amide bonds. The van der Waals surface area contributed by atoms with Crippen molar-refractivity contribution in [3.8, 4) is 11.5 Å². The molecule has 2 aromatic rings. The Labute approximate surface area is 128 Å². The van der Waals surface area contributed by atoms with Crippen LogP contribution in [0.25, 0.3) is 6.08 Å². The Balaban J connectivity index is 2.29. The predicted molar refractivity (Wildman–Crippen MR) is 84.2 cm³/mol. The van der Waals surface area contributed by atoms with E-state index in [9.17, 15) is 9.90 Å². The lowest BCUT2D eigenvalue weighted by atomic mass is 10.0. The summed E-state index contributed by atoms with van der Waals surface area (Å²) in [6.07, 6.45) is 3.02. The van der Waals surface area contributed by atoms with Gasteiger partial charge in [0.1, 0.15) is 11.5 Å². The lowest BCUT2D eigenvalue weighted by Crippen LogP contribution is -1.97. The molecular weight excluding hydrogens is 288 g/mol. The van der Waals surface area contributed by atoms with Crippen LogP contribution in [0, 0.1) is 6.92 Å². The lowest BCUT2D eigenvalue weighted by Gasteiger charge is -2.08. The summed E-state index contributed by atoms with van der Waals surface area (Å²) in [4.78, 5) is 12.2. The summed E-state index contributed by atoms with van der Waals surface area (Å²) < 4.78 is 5.10. The minimum atomic E-state index is -0.293. The molecule has 0 bridgehead atoms. The van der Waals surface area contributed by atoms with Crippen molar-refractivity contribution < 1.29 is 14.6 Å². The van der Waals surface area contributed by atoms with Gasteiger partial charge in [-0.15, -0.1) is 0 Å². The number of carbonyl (C=O) groups excluding carboxylic acids is 1. The second kappa shape index (κ2) is 6.46. The minimum absolute atomic E-state index is 0.105. The van der Waals surface area contributed by atoms with E-state index < -0.39 is 0 Å². The lowest BCUT2D eigenvalue weighted by molar-refractivity contribution is 0.104. The third kappa shape index (κ3) is 3.44. The SMILES string of the molecule is COc1cc(O)c(C(=O)/C=C/c2ccccc2Cl)cc1C. The summed E-state index contributed by atoms with van der Waals surface area (Å²) >= 11 is 6.02. The summed E-state index contributed by atoms with van der Waals surface area (Å²) in [6, 6.07) is 10.3. The van der Waals surface area contributed by atoms with Crippen LogP contribution in [0.15, 0.2) is 42.5 Å². The highest BCUT2D eigenvalue weighted by Crippen LogP contribution is 2.28. The van der Waals surface area contributed by atoms with Crippen LogP contribution in [0.4, 0.5) is 0 Å². The molecule has 1 N–H and O–H groups in total. The number of aryl methyl sites for hydroxylation is 1. The van der Waals surface area contributed by atoms with Gasteiger partial charge in [0.15, 0.2) is 5.78 Å². The Bertz CT molecular complexity index is 705. The first-order valence-electron chi connectivity index (χ1n) is 6.37. The monoisotopic (exact) mass is 302 g/mol. The van der Waals surface area contributed by atoms with E-state index in [1.54, 1.807) is 18.2 Å². The largest absolute Gasteiger partial charge is 0.507 e. The molecule has 0 radical (unpaired) electrons. The Morgan fingerprint density at radius 1 is 1.29 bits per heavy atom. The van der Waals surface area contributed by atoms with E-state index in [2.05, 4.69) is 0 Å². The number of aromatic hydroxyl groups is 1. The number of rotatable bonds is 4. The topological polar surface area (TPSA) is 46.5 Å². The normalized spacial score (nSPS) is 10.8. The standard InChI is InChI=1S/C17H15ClO3/c1-11-9-13(16(20)10-17(11)21-2)15(19)8-7-12-5-3-4-6-14(12)18/h3-10,20H,1-2H3/b8-7+. The van der Waals surface area contributed by atoms with Crippen molar-refractivity contribution in [2.45, 2.75) is 6.92 Å². The zero-order valence-corrected chi connectivity index (χ0v) is 12.5. The van der Waals surface area contributed by atoms with Gasteiger partial charge in [-0.1, -0.05) is 29.8 Å². The first kappa shape index (κ1) is 15.1. The number of hydrogen-bond acceptors (Lipinski definition) is 3. The number of benzene rings is 2. The summed E-state index contributed by atoms with van der Waals surface area (Å²) in [7, 11) is 1.51. The number of methoxy groups -OCH3 is 1. The number of ether oxygens (including phenoxy) is 1. The fraction of sp³-hybridized carbons (Fsp3) is 0.118. The van der Waals surface area contributed by atoms with Crippen LogP contribution in [0.1, 0.15) is 21.5 Å². The van der Waals surface area contributed by atoms with Crippen molar-refractivity contribution in [1.82, 2.24) is 0 Å². The zero-order chi connectivity index (χ0) is 15.4. The Hall–Kier alpha value is -2.26. The van der Waals surface area contributed by atoms with Crippen molar-refractivity contribution in [1.29, 1.82) is 0 Å². The van der Waals surface area contributed by atoms with E-state index in [4.69, 9.17) is 16.3 Å². The number of phenolic OH excluding ortho intramolecular Hbond substituents is 1. The fourth-order valence-corrected chi connectivity index (χ4v) is 2.16. The van der Waals surface area contributed by atoms with Crippen LogP contribution in [0.3, 0.4) is 0 Å². The van der Waals surface area contributed by atoms with Crippen molar-refractivity contribution in [3.05, 3.63) is 64.2 Å². The number of phenols is 1. The Morgan fingerprint density at radius 3 is 2.67 bits per heavy atom. The van der Waals surface area contributed by atoms with E-state index in [0.29, 0.717) is 10.8 Å². The molecule has 0 aliphatic heterocycles. The molecule has 0 aliphatic rings. The van der Waals surface area contributed by atoms with Crippen molar-refractivity contribution in [2.24, 2.45) is 0 Å². The van der Waals surface area contributed by atoms with Crippen LogP contribution in [-0.4, -0.2) is 18.0 Å². The molecule has 0 heterocycles. The quantitative estimate of drug-likeness (QED) is 0.678. The molecule has 4 heteroatoms. The molecule has 0 saturated heterocycles. The second-order valence-electron chi connectivity index (χ2n) is 4.56. The summed E-state index contributed by atoms with van der Waals surface area (Å²) in [5.41, 5.74) is 1.76. The summed E-state index contributed by atoms with van der Waals surface area (Å²) in [6.45, 7) is 1.81. The molecule has 0 unspecified atom stereocenters. The van der Waals surface area contributed by atoms with Gasteiger partial charge >= 0.3 is 0 Å². The number of hydrogen-bond donors (Lipinski definition) is 1. The van der Waals surface area contributed by atoms with Gasteiger partial charge in [-0.2, -0.15) is 0 Å². The van der Waals surface area contributed by atoms with Crippen LogP contribution in [0.5, 0.6) is 11.5 Å². The Kier molecular flexibility index (Phi) is 4.66. The first-order chi connectivity index (χ1) is 10.0. The zero-order valence-electron chi connectivity index (χ0n) is 11.8. The highest BCUT2D eigenvalue weighted by Gasteiger charge is 2.12. The van der Waals surface area contributed by atoms with Gasteiger partial charge in [0.05, 0.1) is 12.7 Å². The predicted octanol–water partition coefficient (Wildman–Crippen LogP) is 4.26. The van der Waals surface area contributed by atoms with Gasteiger partial charge in [0.25, 0.3) is 0 Å². The van der Waals surface area contributed by atoms with Crippen LogP contribution < -0.4 is 4.74 Å². The number of halogens is 1. The molecule has 0 atom stereocenters. The maximum atomic E-state index is 12.2. The van der Waals surface area contributed by atoms with E-state index in [0.717, 1.165) is 11.1 Å². The summed E-state index contributed by atoms with van der Waals surface area (Å²) in [5, 5.41) is 10.5. The molecular formula is C17H15ClO3. The molecule has 0 aromatic heterocycles. The average molecular weight is 303 g/mol. The van der Waals surface area contributed by atoms with Crippen LogP contribution in [0.2, 0.25) is 5.02 Å². The highest BCUT2D eigenvalue weighted by atomic mass is 35.5. The van der Waals surface area contributed by atoms with Gasteiger partial charge in [-0.25, -0.2) is 0 Å². The van der Waals surface area contributed by atoms with Gasteiger partial charge < -0.3 is 9.84 Å². The van der Waals surface area contributed by atoms with E-state index >= 15 is 0 Å².